The molecule has 0 aromatic carbocycles. The lowest BCUT2D eigenvalue weighted by atomic mass is 9.87. The highest BCUT2D eigenvalue weighted by atomic mass is 35.5. The van der Waals surface area contributed by atoms with Crippen LogP contribution in [0.3, 0.4) is 0 Å². The van der Waals surface area contributed by atoms with Gasteiger partial charge in [-0.2, -0.15) is 0 Å². The molecule has 0 bridgehead atoms. The summed E-state index contributed by atoms with van der Waals surface area (Å²) in [6, 6.07) is 0. The molecule has 16 heavy (non-hydrogen) atoms. The van der Waals surface area contributed by atoms with Crippen LogP contribution >= 0.6 is 23.2 Å². The van der Waals surface area contributed by atoms with Crippen LogP contribution in [-0.4, -0.2) is 16.8 Å². The van der Waals surface area contributed by atoms with E-state index >= 15 is 0 Å². The molecule has 0 aliphatic heterocycles. The molecule has 0 radical (unpaired) electrons. The number of carbonyl (C=O) groups is 1. The first-order valence-corrected chi connectivity index (χ1v) is 7.01. The first kappa shape index (κ1) is 12.5. The third kappa shape index (κ3) is 3.27. The Labute approximate surface area is 107 Å². The summed E-state index contributed by atoms with van der Waals surface area (Å²) in [5.41, 5.74) is 0. The van der Waals surface area contributed by atoms with Crippen molar-refractivity contribution in [2.75, 3.05) is 6.54 Å². The molecule has 2 saturated carbocycles. The van der Waals surface area contributed by atoms with Gasteiger partial charge in [0.15, 0.2) is 0 Å². The summed E-state index contributed by atoms with van der Waals surface area (Å²) in [4.78, 5) is 11.6. The second-order valence-corrected chi connectivity index (χ2v) is 6.64. The summed E-state index contributed by atoms with van der Waals surface area (Å²) in [5.74, 6) is 0.660. The summed E-state index contributed by atoms with van der Waals surface area (Å²) in [7, 11) is 0. The molecule has 1 N–H and O–H groups in total. The summed E-state index contributed by atoms with van der Waals surface area (Å²) in [6.45, 7) is 0.782. The van der Waals surface area contributed by atoms with Crippen molar-refractivity contribution in [3.63, 3.8) is 0 Å². The lowest BCUT2D eigenvalue weighted by Gasteiger charge is -2.21. The molecule has 2 fully saturated rings. The van der Waals surface area contributed by atoms with Gasteiger partial charge in [-0.15, -0.1) is 23.2 Å². The van der Waals surface area contributed by atoms with Crippen molar-refractivity contribution >= 4 is 29.1 Å². The Morgan fingerprint density at radius 1 is 1.25 bits per heavy atom. The molecule has 0 aromatic rings. The average Bonchev–Trinajstić information content (AvgIpc) is 2.89. The molecular formula is C12H19Cl2NO. The van der Waals surface area contributed by atoms with Crippen LogP contribution in [0, 0.1) is 11.8 Å². The molecule has 1 atom stereocenters. The van der Waals surface area contributed by atoms with Crippen molar-refractivity contribution in [1.82, 2.24) is 5.32 Å². The predicted octanol–water partition coefficient (Wildman–Crippen LogP) is 3.27. The van der Waals surface area contributed by atoms with Crippen molar-refractivity contribution in [1.29, 1.82) is 0 Å². The van der Waals surface area contributed by atoms with Gasteiger partial charge in [0, 0.05) is 6.54 Å². The van der Waals surface area contributed by atoms with Crippen LogP contribution in [0.15, 0.2) is 0 Å². The second kappa shape index (κ2) is 5.14. The van der Waals surface area contributed by atoms with Gasteiger partial charge in [-0.3, -0.25) is 4.79 Å². The number of amides is 1. The van der Waals surface area contributed by atoms with Gasteiger partial charge >= 0.3 is 0 Å². The summed E-state index contributed by atoms with van der Waals surface area (Å²) >= 11 is 11.7. The van der Waals surface area contributed by atoms with E-state index in [9.17, 15) is 4.79 Å². The van der Waals surface area contributed by atoms with Crippen molar-refractivity contribution < 1.29 is 4.79 Å². The molecule has 4 heteroatoms. The minimum atomic E-state index is -0.783. The summed E-state index contributed by atoms with van der Waals surface area (Å²) in [6.07, 6.45) is 8.46. The minimum absolute atomic E-state index is 0.0285. The van der Waals surface area contributed by atoms with Gasteiger partial charge in [-0.1, -0.05) is 32.1 Å². The Morgan fingerprint density at radius 3 is 2.44 bits per heavy atom. The zero-order chi connectivity index (χ0) is 11.6. The standard InChI is InChI=1S/C12H19Cl2NO/c13-12(14)8-10(12)11(16)15-7-6-9-4-2-1-3-5-9/h9-10H,1-8H2,(H,15,16). The lowest BCUT2D eigenvalue weighted by molar-refractivity contribution is -0.122. The molecule has 2 aliphatic rings. The Kier molecular flexibility index (Phi) is 4.01. The zero-order valence-electron chi connectivity index (χ0n) is 9.48. The SMILES string of the molecule is O=C(NCCC1CCCCC1)C1CC1(Cl)Cl. The van der Waals surface area contributed by atoms with Crippen LogP contribution in [0.1, 0.15) is 44.9 Å². The van der Waals surface area contributed by atoms with E-state index < -0.39 is 4.33 Å². The maximum atomic E-state index is 11.6. The van der Waals surface area contributed by atoms with E-state index in [0.29, 0.717) is 6.42 Å². The molecule has 1 amide bonds. The highest BCUT2D eigenvalue weighted by molar-refractivity contribution is 6.52. The van der Waals surface area contributed by atoms with E-state index in [0.717, 1.165) is 18.9 Å². The topological polar surface area (TPSA) is 29.1 Å². The van der Waals surface area contributed by atoms with E-state index in [2.05, 4.69) is 5.32 Å². The van der Waals surface area contributed by atoms with Crippen LogP contribution in [0.2, 0.25) is 0 Å². The van der Waals surface area contributed by atoms with E-state index in [4.69, 9.17) is 23.2 Å². The van der Waals surface area contributed by atoms with Crippen LogP contribution in [0.4, 0.5) is 0 Å². The third-order valence-corrected chi connectivity index (χ3v) is 4.55. The number of carbonyl (C=O) groups excluding carboxylic acids is 1. The van der Waals surface area contributed by atoms with Gasteiger partial charge in [0.25, 0.3) is 0 Å². The number of halogens is 2. The third-order valence-electron chi connectivity index (χ3n) is 3.72. The van der Waals surface area contributed by atoms with Crippen LogP contribution in [-0.2, 0) is 4.79 Å². The molecule has 1 unspecified atom stereocenters. The zero-order valence-corrected chi connectivity index (χ0v) is 11.0. The molecule has 92 valence electrons. The largest absolute Gasteiger partial charge is 0.356 e. The van der Waals surface area contributed by atoms with Crippen molar-refractivity contribution in [2.24, 2.45) is 11.8 Å². The van der Waals surface area contributed by atoms with E-state index in [-0.39, 0.29) is 11.8 Å². The maximum absolute atomic E-state index is 11.6. The van der Waals surface area contributed by atoms with Gasteiger partial charge in [0.2, 0.25) is 5.91 Å². The Hall–Kier alpha value is 0.0500. The van der Waals surface area contributed by atoms with E-state index in [1.54, 1.807) is 0 Å². The smallest absolute Gasteiger partial charge is 0.226 e. The number of nitrogens with one attached hydrogen (secondary N) is 1. The quantitative estimate of drug-likeness (QED) is 0.776. The van der Waals surface area contributed by atoms with Gasteiger partial charge in [-0.05, 0) is 18.8 Å². The molecule has 0 saturated heterocycles. The Balaban J connectivity index is 1.59. The molecule has 2 rings (SSSR count). The first-order valence-electron chi connectivity index (χ1n) is 6.25. The normalized spacial score (nSPS) is 28.8. The van der Waals surface area contributed by atoms with Gasteiger partial charge in [-0.25, -0.2) is 0 Å². The molecule has 2 aliphatic carbocycles. The highest BCUT2D eigenvalue weighted by Gasteiger charge is 2.56. The number of alkyl halides is 2. The van der Waals surface area contributed by atoms with Crippen LogP contribution in [0.5, 0.6) is 0 Å². The van der Waals surface area contributed by atoms with Crippen LogP contribution < -0.4 is 5.32 Å². The Morgan fingerprint density at radius 2 is 1.88 bits per heavy atom. The van der Waals surface area contributed by atoms with Crippen molar-refractivity contribution in [3.8, 4) is 0 Å². The molecule has 2 nitrogen and oxygen atoms in total. The second-order valence-electron chi connectivity index (χ2n) is 5.10. The summed E-state index contributed by atoms with van der Waals surface area (Å²) in [5, 5.41) is 2.94. The fraction of sp³-hybridized carbons (Fsp3) is 0.917. The fourth-order valence-corrected chi connectivity index (χ4v) is 3.00. The number of rotatable bonds is 4. The van der Waals surface area contributed by atoms with E-state index in [1.807, 2.05) is 0 Å². The van der Waals surface area contributed by atoms with Crippen LogP contribution in [0.25, 0.3) is 0 Å². The molecular weight excluding hydrogens is 245 g/mol. The monoisotopic (exact) mass is 263 g/mol. The highest BCUT2D eigenvalue weighted by Crippen LogP contribution is 2.53. The summed E-state index contributed by atoms with van der Waals surface area (Å²) < 4.78 is -0.783. The molecule has 0 spiro atoms. The predicted molar refractivity (Wildman–Crippen MR) is 66.7 cm³/mol. The molecule has 0 heterocycles. The number of hydrogen-bond acceptors (Lipinski definition) is 1. The van der Waals surface area contributed by atoms with Gasteiger partial charge < -0.3 is 5.32 Å². The Bertz CT molecular complexity index is 262. The maximum Gasteiger partial charge on any atom is 0.226 e. The van der Waals surface area contributed by atoms with Gasteiger partial charge in [0.1, 0.15) is 4.33 Å². The lowest BCUT2D eigenvalue weighted by Crippen LogP contribution is -2.29. The fourth-order valence-electron chi connectivity index (χ4n) is 2.50. The minimum Gasteiger partial charge on any atom is -0.356 e. The van der Waals surface area contributed by atoms with Crippen molar-refractivity contribution in [3.05, 3.63) is 0 Å². The number of hydrogen-bond donors (Lipinski definition) is 1. The molecule has 0 aromatic heterocycles. The average molecular weight is 264 g/mol. The van der Waals surface area contributed by atoms with Gasteiger partial charge in [0.05, 0.1) is 5.92 Å². The van der Waals surface area contributed by atoms with Crippen molar-refractivity contribution in [2.45, 2.75) is 49.3 Å². The van der Waals surface area contributed by atoms with E-state index in [1.165, 1.54) is 32.1 Å². The first-order chi connectivity index (χ1) is 7.59.